The Morgan fingerprint density at radius 1 is 0.771 bits per heavy atom. The first kappa shape index (κ1) is 24.0. The normalized spacial score (nSPS) is 11.1. The van der Waals surface area contributed by atoms with Crippen molar-refractivity contribution in [1.29, 1.82) is 0 Å². The van der Waals surface area contributed by atoms with Crippen LogP contribution in [0, 0.1) is 5.82 Å². The molecule has 4 aromatic rings. The van der Waals surface area contributed by atoms with Crippen molar-refractivity contribution < 1.29 is 14.0 Å². The van der Waals surface area contributed by atoms with Gasteiger partial charge >= 0.3 is 0 Å². The van der Waals surface area contributed by atoms with E-state index in [1.807, 2.05) is 54.6 Å². The number of carbonyl (C=O) groups is 2. The van der Waals surface area contributed by atoms with Crippen LogP contribution in [-0.2, 0) is 10.5 Å². The number of anilines is 1. The smallest absolute Gasteiger partial charge is 0.272 e. The van der Waals surface area contributed by atoms with Gasteiger partial charge in [-0.25, -0.2) is 4.39 Å². The molecule has 0 heterocycles. The summed E-state index contributed by atoms with van der Waals surface area (Å²) in [6.07, 6.45) is 1.63. The molecule has 4 nitrogen and oxygen atoms in total. The Bertz CT molecular complexity index is 1320. The largest absolute Gasteiger partial charge is 0.321 e. The number of thioether (sulfide) groups is 1. The first-order valence-corrected chi connectivity index (χ1v) is 12.0. The SMILES string of the molecule is O=C(Nc1ccc(SCc2ccccc2F)cc1)/C(=C/c1ccccc1)NC(=O)c1ccccc1. The number of rotatable bonds is 8. The summed E-state index contributed by atoms with van der Waals surface area (Å²) < 4.78 is 13.8. The number of hydrogen-bond acceptors (Lipinski definition) is 3. The fourth-order valence-electron chi connectivity index (χ4n) is 3.27. The highest BCUT2D eigenvalue weighted by Crippen LogP contribution is 2.25. The lowest BCUT2D eigenvalue weighted by molar-refractivity contribution is -0.113. The Morgan fingerprint density at radius 3 is 2.09 bits per heavy atom. The van der Waals surface area contributed by atoms with E-state index in [0.717, 1.165) is 10.5 Å². The van der Waals surface area contributed by atoms with Crippen molar-refractivity contribution in [3.05, 3.63) is 137 Å². The molecule has 0 fully saturated rings. The fraction of sp³-hybridized carbons (Fsp3) is 0.0345. The zero-order valence-electron chi connectivity index (χ0n) is 18.8. The molecule has 0 atom stereocenters. The molecule has 35 heavy (non-hydrogen) atoms. The van der Waals surface area contributed by atoms with Gasteiger partial charge in [0, 0.05) is 21.9 Å². The highest BCUT2D eigenvalue weighted by molar-refractivity contribution is 7.98. The maximum absolute atomic E-state index is 13.8. The number of hydrogen-bond donors (Lipinski definition) is 2. The van der Waals surface area contributed by atoms with Crippen LogP contribution in [-0.4, -0.2) is 11.8 Å². The number of amides is 2. The Morgan fingerprint density at radius 2 is 1.40 bits per heavy atom. The van der Waals surface area contributed by atoms with E-state index in [-0.39, 0.29) is 17.4 Å². The van der Waals surface area contributed by atoms with Crippen molar-refractivity contribution in [2.24, 2.45) is 0 Å². The molecule has 0 saturated carbocycles. The summed E-state index contributed by atoms with van der Waals surface area (Å²) in [6, 6.07) is 32.0. The fourth-order valence-corrected chi connectivity index (χ4v) is 4.15. The minimum Gasteiger partial charge on any atom is -0.321 e. The number of benzene rings is 4. The van der Waals surface area contributed by atoms with Crippen LogP contribution in [0.4, 0.5) is 10.1 Å². The van der Waals surface area contributed by atoms with Crippen LogP contribution in [0.2, 0.25) is 0 Å². The highest BCUT2D eigenvalue weighted by Gasteiger charge is 2.15. The summed E-state index contributed by atoms with van der Waals surface area (Å²) in [4.78, 5) is 26.7. The second-order valence-corrected chi connectivity index (χ2v) is 8.70. The first-order valence-electron chi connectivity index (χ1n) is 11.0. The van der Waals surface area contributed by atoms with Crippen molar-refractivity contribution in [2.45, 2.75) is 10.6 Å². The van der Waals surface area contributed by atoms with Gasteiger partial charge in [-0.1, -0.05) is 66.7 Å². The molecule has 6 heteroatoms. The van der Waals surface area contributed by atoms with Crippen molar-refractivity contribution in [1.82, 2.24) is 5.32 Å². The van der Waals surface area contributed by atoms with Crippen molar-refractivity contribution in [3.63, 3.8) is 0 Å². The predicted molar refractivity (Wildman–Crippen MR) is 139 cm³/mol. The third kappa shape index (κ3) is 6.91. The Kier molecular flexibility index (Phi) is 8.09. The summed E-state index contributed by atoms with van der Waals surface area (Å²) in [6.45, 7) is 0. The molecule has 0 bridgehead atoms. The van der Waals surface area contributed by atoms with E-state index in [0.29, 0.717) is 22.6 Å². The lowest BCUT2D eigenvalue weighted by atomic mass is 10.1. The van der Waals surface area contributed by atoms with Crippen molar-refractivity contribution in [3.8, 4) is 0 Å². The van der Waals surface area contributed by atoms with Crippen LogP contribution in [0.3, 0.4) is 0 Å². The molecule has 0 aliphatic carbocycles. The number of carbonyl (C=O) groups excluding carboxylic acids is 2. The van der Waals surface area contributed by atoms with Crippen molar-refractivity contribution >= 4 is 35.3 Å². The second kappa shape index (κ2) is 11.8. The first-order chi connectivity index (χ1) is 17.1. The molecule has 0 aliphatic rings. The molecular formula is C29H23FN2O2S. The zero-order valence-corrected chi connectivity index (χ0v) is 19.6. The molecular weight excluding hydrogens is 459 g/mol. The van der Waals surface area contributed by atoms with Gasteiger partial charge in [0.2, 0.25) is 0 Å². The van der Waals surface area contributed by atoms with E-state index >= 15 is 0 Å². The molecule has 0 aromatic heterocycles. The summed E-state index contributed by atoms with van der Waals surface area (Å²) in [5.74, 6) is -0.527. The van der Waals surface area contributed by atoms with Crippen LogP contribution in [0.15, 0.2) is 120 Å². The van der Waals surface area contributed by atoms with Gasteiger partial charge in [-0.15, -0.1) is 11.8 Å². The Hall–Kier alpha value is -4.16. The lowest BCUT2D eigenvalue weighted by Crippen LogP contribution is -2.30. The molecule has 174 valence electrons. The quantitative estimate of drug-likeness (QED) is 0.222. The highest BCUT2D eigenvalue weighted by atomic mass is 32.2. The Labute approximate surface area is 207 Å². The molecule has 0 aliphatic heterocycles. The number of halogens is 1. The summed E-state index contributed by atoms with van der Waals surface area (Å²) in [7, 11) is 0. The molecule has 0 radical (unpaired) electrons. The second-order valence-electron chi connectivity index (χ2n) is 7.65. The summed E-state index contributed by atoms with van der Waals surface area (Å²) in [5, 5.41) is 5.57. The molecule has 0 unspecified atom stereocenters. The molecule has 0 saturated heterocycles. The zero-order chi connectivity index (χ0) is 24.5. The van der Waals surface area contributed by atoms with Crippen LogP contribution in [0.25, 0.3) is 6.08 Å². The molecule has 4 aromatic carbocycles. The van der Waals surface area contributed by atoms with E-state index in [2.05, 4.69) is 10.6 Å². The summed E-state index contributed by atoms with van der Waals surface area (Å²) >= 11 is 1.51. The van der Waals surface area contributed by atoms with Gasteiger partial charge in [0.05, 0.1) is 0 Å². The van der Waals surface area contributed by atoms with Gasteiger partial charge in [-0.3, -0.25) is 9.59 Å². The minimum atomic E-state index is -0.440. The van der Waals surface area contributed by atoms with Gasteiger partial charge in [0.25, 0.3) is 11.8 Å². The molecule has 2 N–H and O–H groups in total. The monoisotopic (exact) mass is 482 g/mol. The molecule has 4 rings (SSSR count). The minimum absolute atomic E-state index is 0.128. The van der Waals surface area contributed by atoms with Gasteiger partial charge in [-0.05, 0) is 59.7 Å². The van der Waals surface area contributed by atoms with Crippen LogP contribution in [0.1, 0.15) is 21.5 Å². The van der Waals surface area contributed by atoms with E-state index in [9.17, 15) is 14.0 Å². The van der Waals surface area contributed by atoms with E-state index in [1.54, 1.807) is 54.6 Å². The molecule has 0 spiro atoms. The van der Waals surface area contributed by atoms with E-state index in [4.69, 9.17) is 0 Å². The van der Waals surface area contributed by atoms with Crippen LogP contribution < -0.4 is 10.6 Å². The van der Waals surface area contributed by atoms with Crippen LogP contribution in [0.5, 0.6) is 0 Å². The number of nitrogens with one attached hydrogen (secondary N) is 2. The van der Waals surface area contributed by atoms with Crippen molar-refractivity contribution in [2.75, 3.05) is 5.32 Å². The van der Waals surface area contributed by atoms with Gasteiger partial charge in [0.1, 0.15) is 11.5 Å². The van der Waals surface area contributed by atoms with Gasteiger partial charge in [0.15, 0.2) is 0 Å². The average Bonchev–Trinajstić information content (AvgIpc) is 2.90. The average molecular weight is 483 g/mol. The van der Waals surface area contributed by atoms with E-state index < -0.39 is 5.91 Å². The maximum Gasteiger partial charge on any atom is 0.272 e. The maximum atomic E-state index is 13.8. The van der Waals surface area contributed by atoms with Gasteiger partial charge < -0.3 is 10.6 Å². The summed E-state index contributed by atoms with van der Waals surface area (Å²) in [5.41, 5.74) is 2.59. The third-order valence-electron chi connectivity index (χ3n) is 5.10. The van der Waals surface area contributed by atoms with E-state index in [1.165, 1.54) is 17.8 Å². The van der Waals surface area contributed by atoms with Gasteiger partial charge in [-0.2, -0.15) is 0 Å². The predicted octanol–water partition coefficient (Wildman–Crippen LogP) is 6.53. The standard InChI is InChI=1S/C29H23FN2O2S/c30-26-14-8-7-13-23(26)20-35-25-17-15-24(16-18-25)31-29(34)27(19-21-9-3-1-4-10-21)32-28(33)22-11-5-2-6-12-22/h1-19H,20H2,(H,31,34)(H,32,33)/b27-19-. The Balaban J connectivity index is 1.45. The topological polar surface area (TPSA) is 58.2 Å². The lowest BCUT2D eigenvalue weighted by Gasteiger charge is -2.12. The molecule has 2 amide bonds. The third-order valence-corrected chi connectivity index (χ3v) is 6.16. The van der Waals surface area contributed by atoms with Crippen LogP contribution >= 0.6 is 11.8 Å².